The third-order valence-corrected chi connectivity index (χ3v) is 3.03. The van der Waals surface area contributed by atoms with Crippen molar-refractivity contribution in [3.8, 4) is 5.88 Å². The quantitative estimate of drug-likeness (QED) is 0.762. The number of hydrogen-bond donors (Lipinski definition) is 0. The molecule has 1 aliphatic rings. The number of hydrogen-bond acceptors (Lipinski definition) is 7. The zero-order chi connectivity index (χ0) is 14.9. The molecule has 1 aliphatic heterocycles. The van der Waals surface area contributed by atoms with Gasteiger partial charge in [0.1, 0.15) is 6.61 Å². The summed E-state index contributed by atoms with van der Waals surface area (Å²) in [5.41, 5.74) is 1.70. The van der Waals surface area contributed by atoms with E-state index >= 15 is 0 Å². The lowest BCUT2D eigenvalue weighted by Crippen LogP contribution is -2.11. The molecule has 1 aromatic rings. The fourth-order valence-electron chi connectivity index (χ4n) is 1.88. The molecule has 0 fully saturated rings. The Morgan fingerprint density at radius 1 is 0.810 bits per heavy atom. The maximum absolute atomic E-state index is 5.58. The Bertz CT molecular complexity index is 442. The van der Waals surface area contributed by atoms with Crippen LogP contribution >= 0.6 is 0 Å². The summed E-state index contributed by atoms with van der Waals surface area (Å²) in [5, 5.41) is 0. The van der Waals surface area contributed by atoms with Crippen molar-refractivity contribution in [1.29, 1.82) is 0 Å². The van der Waals surface area contributed by atoms with Crippen molar-refractivity contribution >= 4 is 0 Å². The van der Waals surface area contributed by atoms with Gasteiger partial charge in [0.25, 0.3) is 0 Å². The van der Waals surface area contributed by atoms with Crippen LogP contribution in [0.3, 0.4) is 0 Å². The van der Waals surface area contributed by atoms with Crippen LogP contribution in [0.4, 0.5) is 0 Å². The molecule has 2 heterocycles. The second kappa shape index (κ2) is 8.89. The van der Waals surface area contributed by atoms with Crippen molar-refractivity contribution < 1.29 is 23.7 Å². The molecule has 0 amide bonds. The zero-order valence-corrected chi connectivity index (χ0v) is 12.6. The van der Waals surface area contributed by atoms with Crippen LogP contribution in [0.5, 0.6) is 5.88 Å². The van der Waals surface area contributed by atoms with E-state index in [2.05, 4.69) is 9.97 Å². The molecular formula is C14H22N2O5. The highest BCUT2D eigenvalue weighted by molar-refractivity contribution is 5.29. The molecule has 1 aromatic heterocycles. The Labute approximate surface area is 124 Å². The lowest BCUT2D eigenvalue weighted by atomic mass is 10.2. The van der Waals surface area contributed by atoms with Crippen molar-refractivity contribution in [3.05, 3.63) is 17.1 Å². The van der Waals surface area contributed by atoms with Gasteiger partial charge in [-0.1, -0.05) is 0 Å². The molecule has 0 N–H and O–H groups in total. The van der Waals surface area contributed by atoms with Gasteiger partial charge in [0.05, 0.1) is 59.1 Å². The first kappa shape index (κ1) is 16.1. The van der Waals surface area contributed by atoms with Gasteiger partial charge in [-0.05, 0) is 6.92 Å². The predicted molar refractivity (Wildman–Crippen MR) is 74.3 cm³/mol. The third kappa shape index (κ3) is 5.20. The van der Waals surface area contributed by atoms with Crippen LogP contribution in [0, 0.1) is 6.92 Å². The average molecular weight is 298 g/mol. The van der Waals surface area contributed by atoms with Crippen LogP contribution in [0.25, 0.3) is 0 Å². The van der Waals surface area contributed by atoms with Crippen LogP contribution in [-0.4, -0.2) is 56.7 Å². The van der Waals surface area contributed by atoms with E-state index in [0.29, 0.717) is 64.6 Å². The van der Waals surface area contributed by atoms with Gasteiger partial charge in [0.2, 0.25) is 5.88 Å². The van der Waals surface area contributed by atoms with Crippen LogP contribution in [0.2, 0.25) is 0 Å². The average Bonchev–Trinajstić information content (AvgIpc) is 2.50. The number of methoxy groups -OCH3 is 1. The highest BCUT2D eigenvalue weighted by Crippen LogP contribution is 2.18. The first-order valence-electron chi connectivity index (χ1n) is 7.02. The molecule has 118 valence electrons. The highest BCUT2D eigenvalue weighted by Gasteiger charge is 2.12. The molecule has 0 atom stereocenters. The summed E-state index contributed by atoms with van der Waals surface area (Å²) in [5.74, 6) is 1.14. The fourth-order valence-corrected chi connectivity index (χ4v) is 1.88. The third-order valence-electron chi connectivity index (χ3n) is 3.03. The Morgan fingerprint density at radius 3 is 2.00 bits per heavy atom. The standard InChI is InChI=1S/C14H22N2O5/c1-11-12-9-20-7-5-18-3-4-19-6-8-21-10-13(15-12)16-14(11)17-2/h3-10H2,1-2H3. The fraction of sp³-hybridized carbons (Fsp3) is 0.714. The summed E-state index contributed by atoms with van der Waals surface area (Å²) in [6, 6.07) is 0. The molecule has 7 nitrogen and oxygen atoms in total. The molecule has 7 heteroatoms. The first-order chi connectivity index (χ1) is 10.3. The Balaban J connectivity index is 2.07. The van der Waals surface area contributed by atoms with Gasteiger partial charge < -0.3 is 23.7 Å². The number of nitrogens with zero attached hydrogens (tertiary/aromatic N) is 2. The van der Waals surface area contributed by atoms with E-state index in [1.54, 1.807) is 7.11 Å². The van der Waals surface area contributed by atoms with Crippen molar-refractivity contribution in [1.82, 2.24) is 9.97 Å². The summed E-state index contributed by atoms with van der Waals surface area (Å²) in [6.07, 6.45) is 0. The van der Waals surface area contributed by atoms with Crippen LogP contribution in [0.1, 0.15) is 17.1 Å². The molecular weight excluding hydrogens is 276 g/mol. The van der Waals surface area contributed by atoms with Crippen LogP contribution < -0.4 is 4.74 Å². The van der Waals surface area contributed by atoms with Gasteiger partial charge in [-0.15, -0.1) is 0 Å². The highest BCUT2D eigenvalue weighted by atomic mass is 16.6. The van der Waals surface area contributed by atoms with Crippen molar-refractivity contribution in [2.75, 3.05) is 46.8 Å². The Hall–Kier alpha value is -1.28. The van der Waals surface area contributed by atoms with Gasteiger partial charge >= 0.3 is 0 Å². The van der Waals surface area contributed by atoms with E-state index in [-0.39, 0.29) is 0 Å². The molecule has 0 saturated carbocycles. The summed E-state index contributed by atoms with van der Waals surface area (Å²) in [6.45, 7) is 5.82. The minimum atomic E-state index is 0.323. The molecule has 2 rings (SSSR count). The van der Waals surface area contributed by atoms with Crippen molar-refractivity contribution in [2.45, 2.75) is 20.1 Å². The lowest BCUT2D eigenvalue weighted by Gasteiger charge is -2.12. The number of rotatable bonds is 1. The van der Waals surface area contributed by atoms with Crippen molar-refractivity contribution in [3.63, 3.8) is 0 Å². The SMILES string of the molecule is COc1nc2nc(c1C)COCCOCCOCCOC2. The largest absolute Gasteiger partial charge is 0.481 e. The molecule has 21 heavy (non-hydrogen) atoms. The van der Waals surface area contributed by atoms with Crippen LogP contribution in [0.15, 0.2) is 0 Å². The normalized spacial score (nSPS) is 18.6. The van der Waals surface area contributed by atoms with E-state index < -0.39 is 0 Å². The first-order valence-corrected chi connectivity index (χ1v) is 7.02. The van der Waals surface area contributed by atoms with Gasteiger partial charge in [0, 0.05) is 5.56 Å². The molecule has 0 unspecified atom stereocenters. The number of ether oxygens (including phenoxy) is 5. The molecule has 0 saturated heterocycles. The van der Waals surface area contributed by atoms with E-state index in [9.17, 15) is 0 Å². The van der Waals surface area contributed by atoms with E-state index in [1.165, 1.54) is 0 Å². The molecule has 0 aliphatic carbocycles. The minimum absolute atomic E-state index is 0.323. The summed E-state index contributed by atoms with van der Waals surface area (Å²) >= 11 is 0. The second-order valence-corrected chi connectivity index (χ2v) is 4.55. The lowest BCUT2D eigenvalue weighted by molar-refractivity contribution is -0.00548. The second-order valence-electron chi connectivity index (χ2n) is 4.55. The monoisotopic (exact) mass is 298 g/mol. The predicted octanol–water partition coefficient (Wildman–Crippen LogP) is 0.874. The topological polar surface area (TPSA) is 71.9 Å². The molecule has 0 spiro atoms. The van der Waals surface area contributed by atoms with Gasteiger partial charge in [-0.25, -0.2) is 4.98 Å². The van der Waals surface area contributed by atoms with E-state index in [0.717, 1.165) is 11.3 Å². The Kier molecular flexibility index (Phi) is 6.81. The number of fused-ring (bicyclic) bond motifs is 2. The smallest absolute Gasteiger partial charge is 0.219 e. The van der Waals surface area contributed by atoms with E-state index in [1.807, 2.05) is 6.92 Å². The summed E-state index contributed by atoms with van der Waals surface area (Å²) < 4.78 is 27.1. The molecule has 0 radical (unpaired) electrons. The summed E-state index contributed by atoms with van der Waals surface area (Å²) in [4.78, 5) is 8.80. The van der Waals surface area contributed by atoms with Crippen LogP contribution in [-0.2, 0) is 32.2 Å². The van der Waals surface area contributed by atoms with E-state index in [4.69, 9.17) is 23.7 Å². The number of aromatic nitrogens is 2. The van der Waals surface area contributed by atoms with Gasteiger partial charge in [0.15, 0.2) is 5.82 Å². The Morgan fingerprint density at radius 2 is 1.38 bits per heavy atom. The van der Waals surface area contributed by atoms with Gasteiger partial charge in [-0.2, -0.15) is 4.98 Å². The maximum Gasteiger partial charge on any atom is 0.219 e. The minimum Gasteiger partial charge on any atom is -0.481 e. The molecule has 0 aromatic carbocycles. The maximum atomic E-state index is 5.58. The van der Waals surface area contributed by atoms with Crippen molar-refractivity contribution in [2.24, 2.45) is 0 Å². The van der Waals surface area contributed by atoms with Gasteiger partial charge in [-0.3, -0.25) is 0 Å². The zero-order valence-electron chi connectivity index (χ0n) is 12.6. The molecule has 2 bridgehead atoms. The summed E-state index contributed by atoms with van der Waals surface area (Å²) in [7, 11) is 1.59.